The van der Waals surface area contributed by atoms with E-state index in [0.717, 1.165) is 70.3 Å². The van der Waals surface area contributed by atoms with Crippen LogP contribution >= 0.6 is 0 Å². The van der Waals surface area contributed by atoms with E-state index in [2.05, 4.69) is 34.7 Å². The minimum absolute atomic E-state index is 0.0376. The summed E-state index contributed by atoms with van der Waals surface area (Å²) in [4.78, 5) is 4.40. The van der Waals surface area contributed by atoms with Crippen LogP contribution in [0.1, 0.15) is 38.2 Å². The van der Waals surface area contributed by atoms with E-state index < -0.39 is 0 Å². The maximum Gasteiger partial charge on any atom is 0.191 e. The quantitative estimate of drug-likeness (QED) is 0.591. The van der Waals surface area contributed by atoms with Crippen molar-refractivity contribution < 1.29 is 14.2 Å². The highest BCUT2D eigenvalue weighted by Gasteiger charge is 2.35. The standard InChI is InChI=1S/C21H33N3O3/c1-20(9-4-12-27-20)15-23-19(22-2)24-16-21(10-13-26-14-11-21)17-5-7-18(25-3)8-6-17/h5-8H,4,9-16H2,1-3H3,(H2,22,23,24). The van der Waals surface area contributed by atoms with E-state index >= 15 is 0 Å². The fourth-order valence-electron chi connectivity index (χ4n) is 3.99. The Bertz CT molecular complexity index is 618. The van der Waals surface area contributed by atoms with E-state index in [1.165, 1.54) is 5.56 Å². The first kappa shape index (κ1) is 20.0. The predicted octanol–water partition coefficient (Wildman–Crippen LogP) is 2.48. The summed E-state index contributed by atoms with van der Waals surface area (Å²) in [5, 5.41) is 6.99. The lowest BCUT2D eigenvalue weighted by Gasteiger charge is -2.38. The van der Waals surface area contributed by atoms with Crippen LogP contribution in [0.4, 0.5) is 0 Å². The molecule has 6 nitrogen and oxygen atoms in total. The first-order chi connectivity index (χ1) is 13.1. The molecule has 0 aliphatic carbocycles. The third-order valence-corrected chi connectivity index (χ3v) is 5.90. The van der Waals surface area contributed by atoms with Gasteiger partial charge in [-0.2, -0.15) is 0 Å². The number of nitrogens with one attached hydrogen (secondary N) is 2. The average molecular weight is 376 g/mol. The summed E-state index contributed by atoms with van der Waals surface area (Å²) in [7, 11) is 3.52. The van der Waals surface area contributed by atoms with Gasteiger partial charge >= 0.3 is 0 Å². The number of nitrogens with zero attached hydrogens (tertiary/aromatic N) is 1. The molecular formula is C21H33N3O3. The largest absolute Gasteiger partial charge is 0.497 e. The summed E-state index contributed by atoms with van der Waals surface area (Å²) in [5.74, 6) is 1.71. The zero-order valence-corrected chi connectivity index (χ0v) is 16.8. The topological polar surface area (TPSA) is 64.1 Å². The van der Waals surface area contributed by atoms with Crippen LogP contribution in [0.15, 0.2) is 29.3 Å². The summed E-state index contributed by atoms with van der Waals surface area (Å²) < 4.78 is 16.8. The van der Waals surface area contributed by atoms with Crippen LogP contribution < -0.4 is 15.4 Å². The van der Waals surface area contributed by atoms with Crippen molar-refractivity contribution in [2.75, 3.05) is 47.1 Å². The van der Waals surface area contributed by atoms with Crippen molar-refractivity contribution in [2.24, 2.45) is 4.99 Å². The summed E-state index contributed by atoms with van der Waals surface area (Å²) in [6, 6.07) is 8.43. The van der Waals surface area contributed by atoms with E-state index in [0.29, 0.717) is 0 Å². The summed E-state index contributed by atoms with van der Waals surface area (Å²) >= 11 is 0. The zero-order valence-electron chi connectivity index (χ0n) is 16.8. The Morgan fingerprint density at radius 1 is 1.07 bits per heavy atom. The van der Waals surface area contributed by atoms with Crippen molar-refractivity contribution >= 4 is 5.96 Å². The van der Waals surface area contributed by atoms with Gasteiger partial charge in [0.25, 0.3) is 0 Å². The molecule has 6 heteroatoms. The van der Waals surface area contributed by atoms with Crippen LogP contribution in [0, 0.1) is 0 Å². The Labute approximate surface area is 162 Å². The van der Waals surface area contributed by atoms with Crippen LogP contribution in [0.25, 0.3) is 0 Å². The minimum Gasteiger partial charge on any atom is -0.497 e. The van der Waals surface area contributed by atoms with E-state index in [9.17, 15) is 0 Å². The van der Waals surface area contributed by atoms with Crippen LogP contribution in [-0.2, 0) is 14.9 Å². The highest BCUT2D eigenvalue weighted by Crippen LogP contribution is 2.35. The summed E-state index contributed by atoms with van der Waals surface area (Å²) in [5.41, 5.74) is 1.26. The van der Waals surface area contributed by atoms with Gasteiger partial charge in [0.05, 0.1) is 12.7 Å². The van der Waals surface area contributed by atoms with Crippen LogP contribution in [0.3, 0.4) is 0 Å². The van der Waals surface area contributed by atoms with Gasteiger partial charge in [0, 0.05) is 45.4 Å². The van der Waals surface area contributed by atoms with Crippen molar-refractivity contribution in [3.8, 4) is 5.75 Å². The monoisotopic (exact) mass is 375 g/mol. The second kappa shape index (κ2) is 8.93. The second-order valence-electron chi connectivity index (χ2n) is 7.80. The first-order valence-corrected chi connectivity index (χ1v) is 9.90. The maximum absolute atomic E-state index is 5.87. The number of aliphatic imine (C=N–C) groups is 1. The highest BCUT2D eigenvalue weighted by molar-refractivity contribution is 5.79. The van der Waals surface area contributed by atoms with Crippen molar-refractivity contribution in [2.45, 2.75) is 43.6 Å². The Kier molecular flexibility index (Phi) is 6.60. The van der Waals surface area contributed by atoms with Crippen molar-refractivity contribution in [3.63, 3.8) is 0 Å². The smallest absolute Gasteiger partial charge is 0.191 e. The molecular weight excluding hydrogens is 342 g/mol. The molecule has 2 aliphatic rings. The average Bonchev–Trinajstić information content (AvgIpc) is 3.15. The number of ether oxygens (including phenoxy) is 3. The molecule has 0 aromatic heterocycles. The van der Waals surface area contributed by atoms with Crippen LogP contribution in [0.2, 0.25) is 0 Å². The van der Waals surface area contributed by atoms with Gasteiger partial charge in [0.2, 0.25) is 0 Å². The van der Waals surface area contributed by atoms with Crippen molar-refractivity contribution in [3.05, 3.63) is 29.8 Å². The number of rotatable bonds is 6. The number of methoxy groups -OCH3 is 1. The lowest BCUT2D eigenvalue weighted by atomic mass is 9.74. The molecule has 1 unspecified atom stereocenters. The first-order valence-electron chi connectivity index (χ1n) is 9.90. The van der Waals surface area contributed by atoms with Gasteiger partial charge in [-0.3, -0.25) is 4.99 Å². The molecule has 0 radical (unpaired) electrons. The van der Waals surface area contributed by atoms with Gasteiger partial charge in [0.1, 0.15) is 5.75 Å². The van der Waals surface area contributed by atoms with Gasteiger partial charge in [-0.1, -0.05) is 12.1 Å². The molecule has 27 heavy (non-hydrogen) atoms. The van der Waals surface area contributed by atoms with Crippen molar-refractivity contribution in [1.82, 2.24) is 10.6 Å². The lowest BCUT2D eigenvalue weighted by Crippen LogP contribution is -2.50. The molecule has 0 saturated carbocycles. The molecule has 1 aromatic carbocycles. The third kappa shape index (κ3) is 4.93. The molecule has 0 bridgehead atoms. The Hall–Kier alpha value is -1.79. The molecule has 2 N–H and O–H groups in total. The molecule has 2 aliphatic heterocycles. The molecule has 1 atom stereocenters. The van der Waals surface area contributed by atoms with Gasteiger partial charge < -0.3 is 24.8 Å². The number of benzene rings is 1. The highest BCUT2D eigenvalue weighted by atomic mass is 16.5. The molecule has 3 rings (SSSR count). The third-order valence-electron chi connectivity index (χ3n) is 5.90. The molecule has 2 heterocycles. The summed E-state index contributed by atoms with van der Waals surface area (Å²) in [6.07, 6.45) is 4.20. The normalized spacial score (nSPS) is 25.2. The SMILES string of the molecule is CN=C(NCC1(C)CCCO1)NCC1(c2ccc(OC)cc2)CCOCC1. The Morgan fingerprint density at radius 2 is 1.78 bits per heavy atom. The number of guanidine groups is 1. The molecule has 0 amide bonds. The van der Waals surface area contributed by atoms with Gasteiger partial charge in [0.15, 0.2) is 5.96 Å². The molecule has 0 spiro atoms. The fourth-order valence-corrected chi connectivity index (χ4v) is 3.99. The van der Waals surface area contributed by atoms with Gasteiger partial charge in [-0.05, 0) is 50.3 Å². The fraction of sp³-hybridized carbons (Fsp3) is 0.667. The van der Waals surface area contributed by atoms with E-state index in [4.69, 9.17) is 14.2 Å². The lowest BCUT2D eigenvalue weighted by molar-refractivity contribution is 0.0242. The minimum atomic E-state index is -0.0933. The van der Waals surface area contributed by atoms with Gasteiger partial charge in [-0.25, -0.2) is 0 Å². The van der Waals surface area contributed by atoms with Gasteiger partial charge in [-0.15, -0.1) is 0 Å². The van der Waals surface area contributed by atoms with E-state index in [-0.39, 0.29) is 11.0 Å². The van der Waals surface area contributed by atoms with Crippen LogP contribution in [0.5, 0.6) is 5.75 Å². The predicted molar refractivity (Wildman–Crippen MR) is 108 cm³/mol. The Morgan fingerprint density at radius 3 is 2.37 bits per heavy atom. The molecule has 2 saturated heterocycles. The second-order valence-corrected chi connectivity index (χ2v) is 7.80. The maximum atomic E-state index is 5.87. The number of hydrogen-bond acceptors (Lipinski definition) is 4. The Balaban J connectivity index is 1.64. The number of hydrogen-bond donors (Lipinski definition) is 2. The molecule has 1 aromatic rings. The molecule has 150 valence electrons. The van der Waals surface area contributed by atoms with E-state index in [1.807, 2.05) is 19.2 Å². The van der Waals surface area contributed by atoms with Crippen LogP contribution in [-0.4, -0.2) is 58.6 Å². The summed E-state index contributed by atoms with van der Waals surface area (Å²) in [6.45, 7) is 6.17. The van der Waals surface area contributed by atoms with E-state index in [1.54, 1.807) is 7.11 Å². The molecule has 2 fully saturated rings. The zero-order chi connectivity index (χ0) is 19.2. The van der Waals surface area contributed by atoms with Crippen molar-refractivity contribution in [1.29, 1.82) is 0 Å².